The van der Waals surface area contributed by atoms with E-state index in [1.807, 2.05) is 23.1 Å². The van der Waals surface area contributed by atoms with E-state index in [1.165, 1.54) is 0 Å². The number of benzene rings is 1. The average Bonchev–Trinajstić information content (AvgIpc) is 3.29. The molecule has 26 heavy (non-hydrogen) atoms. The van der Waals surface area contributed by atoms with Crippen LogP contribution < -0.4 is 9.64 Å². The number of anilines is 1. The van der Waals surface area contributed by atoms with Gasteiger partial charge in [-0.2, -0.15) is 0 Å². The highest BCUT2D eigenvalue weighted by atomic mass is 16.5. The number of hydrogen-bond acceptors (Lipinski definition) is 4. The van der Waals surface area contributed by atoms with E-state index in [4.69, 9.17) is 4.74 Å². The Morgan fingerprint density at radius 2 is 1.77 bits per heavy atom. The summed E-state index contributed by atoms with van der Waals surface area (Å²) < 4.78 is 5.29. The minimum Gasteiger partial charge on any atom is -0.497 e. The van der Waals surface area contributed by atoms with Crippen LogP contribution in [-0.4, -0.2) is 55.2 Å². The maximum atomic E-state index is 13.1. The van der Waals surface area contributed by atoms with Crippen LogP contribution in [0.1, 0.15) is 19.3 Å². The van der Waals surface area contributed by atoms with Gasteiger partial charge >= 0.3 is 5.97 Å². The quantitative estimate of drug-likeness (QED) is 0.892. The van der Waals surface area contributed by atoms with E-state index in [2.05, 4.69) is 11.0 Å². The van der Waals surface area contributed by atoms with Crippen LogP contribution in [0.3, 0.4) is 0 Å². The molecule has 1 amide bonds. The molecule has 0 unspecified atom stereocenters. The topological polar surface area (TPSA) is 70.1 Å². The number of carboxylic acid groups (broad SMARTS) is 1. The van der Waals surface area contributed by atoms with Crippen molar-refractivity contribution in [3.63, 3.8) is 0 Å². The molecule has 0 aromatic heterocycles. The molecule has 6 nitrogen and oxygen atoms in total. The Bertz CT molecular complexity index is 699. The van der Waals surface area contributed by atoms with Gasteiger partial charge in [-0.3, -0.25) is 9.59 Å². The minimum absolute atomic E-state index is 0.0647. The second-order valence-electron chi connectivity index (χ2n) is 7.74. The molecule has 1 heterocycles. The van der Waals surface area contributed by atoms with Crippen LogP contribution in [0.2, 0.25) is 0 Å². The molecular formula is C20H26N2O4. The lowest BCUT2D eigenvalue weighted by Gasteiger charge is -2.39. The Hall–Kier alpha value is -2.24. The average molecular weight is 358 g/mol. The number of carboxylic acids is 1. The molecule has 1 aliphatic heterocycles. The van der Waals surface area contributed by atoms with E-state index in [0.717, 1.165) is 43.8 Å². The fourth-order valence-electron chi connectivity index (χ4n) is 5.21. The zero-order chi connectivity index (χ0) is 18.3. The Morgan fingerprint density at radius 1 is 1.08 bits per heavy atom. The largest absolute Gasteiger partial charge is 0.497 e. The second-order valence-corrected chi connectivity index (χ2v) is 7.74. The number of ether oxygens (including phenoxy) is 1. The first-order chi connectivity index (χ1) is 12.6. The van der Waals surface area contributed by atoms with Crippen LogP contribution in [0.25, 0.3) is 0 Å². The number of piperazine rings is 1. The third-order valence-corrected chi connectivity index (χ3v) is 6.50. The van der Waals surface area contributed by atoms with Gasteiger partial charge in [0.15, 0.2) is 0 Å². The molecule has 3 fully saturated rings. The van der Waals surface area contributed by atoms with Crippen molar-refractivity contribution >= 4 is 17.6 Å². The third kappa shape index (κ3) is 2.91. The van der Waals surface area contributed by atoms with E-state index in [0.29, 0.717) is 13.1 Å². The molecule has 0 radical (unpaired) electrons. The van der Waals surface area contributed by atoms with Crippen molar-refractivity contribution in [1.29, 1.82) is 0 Å². The molecule has 2 bridgehead atoms. The van der Waals surface area contributed by atoms with E-state index in [-0.39, 0.29) is 23.7 Å². The van der Waals surface area contributed by atoms with Crippen molar-refractivity contribution < 1.29 is 19.4 Å². The Labute approximate surface area is 153 Å². The number of carbonyl (C=O) groups excluding carboxylic acids is 1. The summed E-state index contributed by atoms with van der Waals surface area (Å²) in [5.41, 5.74) is 1.10. The highest BCUT2D eigenvalue weighted by Crippen LogP contribution is 2.53. The van der Waals surface area contributed by atoms with Gasteiger partial charge in [0.1, 0.15) is 5.75 Å². The monoisotopic (exact) mass is 358 g/mol. The highest BCUT2D eigenvalue weighted by molar-refractivity contribution is 5.86. The van der Waals surface area contributed by atoms with Crippen molar-refractivity contribution in [2.45, 2.75) is 19.3 Å². The number of carbonyl (C=O) groups is 2. The molecule has 1 N–H and O–H groups in total. The van der Waals surface area contributed by atoms with E-state index < -0.39 is 11.9 Å². The smallest absolute Gasteiger partial charge is 0.307 e. The summed E-state index contributed by atoms with van der Waals surface area (Å²) in [6.07, 6.45) is 2.89. The Morgan fingerprint density at radius 3 is 2.42 bits per heavy atom. The van der Waals surface area contributed by atoms with Crippen molar-refractivity contribution in [2.75, 3.05) is 38.2 Å². The first-order valence-electron chi connectivity index (χ1n) is 9.49. The second kappa shape index (κ2) is 6.82. The zero-order valence-corrected chi connectivity index (χ0v) is 15.1. The first-order valence-corrected chi connectivity index (χ1v) is 9.49. The normalized spacial score (nSPS) is 30.5. The van der Waals surface area contributed by atoms with Gasteiger partial charge in [0.25, 0.3) is 0 Å². The lowest BCUT2D eigenvalue weighted by Crippen LogP contribution is -2.52. The van der Waals surface area contributed by atoms with Crippen LogP contribution >= 0.6 is 0 Å². The molecule has 1 saturated heterocycles. The lowest BCUT2D eigenvalue weighted by atomic mass is 9.78. The van der Waals surface area contributed by atoms with E-state index >= 15 is 0 Å². The van der Waals surface area contributed by atoms with Crippen LogP contribution in [0, 0.1) is 23.7 Å². The summed E-state index contributed by atoms with van der Waals surface area (Å²) in [7, 11) is 1.66. The molecule has 4 rings (SSSR count). The standard InChI is InChI=1S/C20H26N2O4/c1-26-16-4-2-3-15(12-16)21-7-9-22(10-8-21)19(23)17-13-5-6-14(11-13)18(17)20(24)25/h2-4,12-14,17-18H,5-11H2,1H3,(H,24,25)/t13-,14+,17-,18+/m1/s1. The molecule has 1 aromatic carbocycles. The predicted molar refractivity (Wildman–Crippen MR) is 97.2 cm³/mol. The minimum atomic E-state index is -0.787. The van der Waals surface area contributed by atoms with E-state index in [9.17, 15) is 14.7 Å². The van der Waals surface area contributed by atoms with Gasteiger partial charge in [0.05, 0.1) is 18.9 Å². The maximum absolute atomic E-state index is 13.1. The number of rotatable bonds is 4. The van der Waals surface area contributed by atoms with Gasteiger partial charge in [-0.1, -0.05) is 6.07 Å². The number of aliphatic carboxylic acids is 1. The maximum Gasteiger partial charge on any atom is 0.307 e. The van der Waals surface area contributed by atoms with Gasteiger partial charge in [0, 0.05) is 37.9 Å². The number of methoxy groups -OCH3 is 1. The zero-order valence-electron chi connectivity index (χ0n) is 15.1. The Kier molecular flexibility index (Phi) is 4.51. The van der Waals surface area contributed by atoms with Crippen LogP contribution in [0.4, 0.5) is 5.69 Å². The van der Waals surface area contributed by atoms with Gasteiger partial charge in [-0.05, 0) is 43.2 Å². The molecule has 6 heteroatoms. The van der Waals surface area contributed by atoms with Crippen LogP contribution in [-0.2, 0) is 9.59 Å². The van der Waals surface area contributed by atoms with Gasteiger partial charge in [0.2, 0.25) is 5.91 Å². The number of hydrogen-bond donors (Lipinski definition) is 1. The summed E-state index contributed by atoms with van der Waals surface area (Å²) in [4.78, 5) is 28.9. The SMILES string of the molecule is COc1cccc(N2CCN(C(=O)[C@@H]3[C@@H]4CC[C@@H](C4)[C@@H]3C(=O)O)CC2)c1. The molecule has 2 aliphatic carbocycles. The van der Waals surface area contributed by atoms with Crippen molar-refractivity contribution in [1.82, 2.24) is 4.90 Å². The molecule has 2 saturated carbocycles. The van der Waals surface area contributed by atoms with Crippen molar-refractivity contribution in [3.8, 4) is 5.75 Å². The van der Waals surface area contributed by atoms with Gasteiger partial charge < -0.3 is 19.6 Å². The molecule has 1 aromatic rings. The summed E-state index contributed by atoms with van der Waals surface area (Å²) in [5, 5.41) is 9.60. The van der Waals surface area contributed by atoms with Crippen LogP contribution in [0.15, 0.2) is 24.3 Å². The summed E-state index contributed by atoms with van der Waals surface area (Å²) in [5.74, 6) is -0.213. The van der Waals surface area contributed by atoms with Crippen LogP contribution in [0.5, 0.6) is 5.75 Å². The fourth-order valence-corrected chi connectivity index (χ4v) is 5.21. The lowest BCUT2D eigenvalue weighted by molar-refractivity contribution is -0.153. The van der Waals surface area contributed by atoms with Crippen molar-refractivity contribution in [2.24, 2.45) is 23.7 Å². The highest BCUT2D eigenvalue weighted by Gasteiger charge is 2.54. The summed E-state index contributed by atoms with van der Waals surface area (Å²) in [6.45, 7) is 2.82. The van der Waals surface area contributed by atoms with E-state index in [1.54, 1.807) is 7.11 Å². The fraction of sp³-hybridized carbons (Fsp3) is 0.600. The third-order valence-electron chi connectivity index (χ3n) is 6.50. The van der Waals surface area contributed by atoms with Gasteiger partial charge in [-0.25, -0.2) is 0 Å². The first kappa shape index (κ1) is 17.2. The molecule has 4 atom stereocenters. The van der Waals surface area contributed by atoms with Crippen molar-refractivity contribution in [3.05, 3.63) is 24.3 Å². The predicted octanol–water partition coefficient (Wildman–Crippen LogP) is 2.09. The number of fused-ring (bicyclic) bond motifs is 2. The number of amides is 1. The molecular weight excluding hydrogens is 332 g/mol. The van der Waals surface area contributed by atoms with Gasteiger partial charge in [-0.15, -0.1) is 0 Å². The number of nitrogens with zero attached hydrogens (tertiary/aromatic N) is 2. The Balaban J connectivity index is 1.41. The molecule has 0 spiro atoms. The molecule has 3 aliphatic rings. The summed E-state index contributed by atoms with van der Waals surface area (Å²) >= 11 is 0. The summed E-state index contributed by atoms with van der Waals surface area (Å²) in [6, 6.07) is 7.95. The molecule has 140 valence electrons.